The molecule has 3 aromatic carbocycles. The summed E-state index contributed by atoms with van der Waals surface area (Å²) in [6, 6.07) is 19.4. The molecule has 0 radical (unpaired) electrons. The van der Waals surface area contributed by atoms with Crippen molar-refractivity contribution in [2.45, 2.75) is 33.1 Å². The Morgan fingerprint density at radius 1 is 0.860 bits per heavy atom. The van der Waals surface area contributed by atoms with Crippen molar-refractivity contribution in [3.8, 4) is 11.4 Å². The summed E-state index contributed by atoms with van der Waals surface area (Å²) < 4.78 is 13.1. The van der Waals surface area contributed by atoms with Crippen LogP contribution in [0.2, 0.25) is 0 Å². The highest BCUT2D eigenvalue weighted by Crippen LogP contribution is 2.38. The van der Waals surface area contributed by atoms with Gasteiger partial charge in [0.25, 0.3) is 0 Å². The number of nitrogens with zero attached hydrogens (tertiary/aromatic N) is 5. The quantitative estimate of drug-likeness (QED) is 0.228. The highest BCUT2D eigenvalue weighted by atomic mass is 16.5. The van der Waals surface area contributed by atoms with Crippen LogP contribution in [-0.2, 0) is 19.7 Å². The van der Waals surface area contributed by atoms with Crippen LogP contribution in [0.25, 0.3) is 16.5 Å². The smallest absolute Gasteiger partial charge is 0.344 e. The van der Waals surface area contributed by atoms with E-state index in [1.54, 1.807) is 22.9 Å². The third-order valence-corrected chi connectivity index (χ3v) is 7.78. The summed E-state index contributed by atoms with van der Waals surface area (Å²) in [6.07, 6.45) is 0. The maximum absolute atomic E-state index is 14.0. The molecule has 3 heterocycles. The molecule has 0 spiro atoms. The van der Waals surface area contributed by atoms with Gasteiger partial charge in [0.15, 0.2) is 0 Å². The monoisotopic (exact) mass is 581 g/mol. The summed E-state index contributed by atoms with van der Waals surface area (Å²) in [5.41, 5.74) is 2.31. The van der Waals surface area contributed by atoms with E-state index < -0.39 is 17.8 Å². The summed E-state index contributed by atoms with van der Waals surface area (Å²) in [5, 5.41) is 6.14. The molecule has 0 saturated carbocycles. The largest absolute Gasteiger partial charge is 0.492 e. The number of hydrogen-bond donors (Lipinski definition) is 0. The van der Waals surface area contributed by atoms with Crippen molar-refractivity contribution in [1.29, 1.82) is 0 Å². The van der Waals surface area contributed by atoms with E-state index in [0.717, 1.165) is 40.4 Å². The van der Waals surface area contributed by atoms with Crippen LogP contribution in [0.15, 0.2) is 66.7 Å². The highest BCUT2D eigenvalue weighted by Gasteiger charge is 2.48. The summed E-state index contributed by atoms with van der Waals surface area (Å²) in [4.78, 5) is 45.3. The summed E-state index contributed by atoms with van der Waals surface area (Å²) >= 11 is 0. The number of benzene rings is 3. The summed E-state index contributed by atoms with van der Waals surface area (Å²) in [6.45, 7) is 12.4. The third kappa shape index (κ3) is 5.39. The fourth-order valence-electron chi connectivity index (χ4n) is 5.41. The molecule has 6 rings (SSSR count). The lowest BCUT2D eigenvalue weighted by molar-refractivity contribution is -0.133. The minimum Gasteiger partial charge on any atom is -0.492 e. The first-order valence-corrected chi connectivity index (χ1v) is 14.5. The lowest BCUT2D eigenvalue weighted by atomic mass is 9.92. The van der Waals surface area contributed by atoms with Gasteiger partial charge < -0.3 is 9.47 Å². The zero-order valence-electron chi connectivity index (χ0n) is 24.9. The van der Waals surface area contributed by atoms with E-state index >= 15 is 0 Å². The molecule has 0 bridgehead atoms. The number of carbonyl (C=O) groups is 3. The Kier molecular flexibility index (Phi) is 7.49. The number of urea groups is 1. The van der Waals surface area contributed by atoms with Gasteiger partial charge in [0.2, 0.25) is 0 Å². The predicted molar refractivity (Wildman–Crippen MR) is 164 cm³/mol. The maximum atomic E-state index is 14.0. The fraction of sp³-hybridized carbons (Fsp3) is 0.333. The van der Waals surface area contributed by atoms with Gasteiger partial charge in [0, 0.05) is 41.9 Å². The number of amides is 4. The SMILES string of the molecule is Cc1cccc(-n2nc(C(C)(C)C)cc2N2C(=O)C(=O)N(c3ccc(OCCN4CCOCC4)c4ccccc34)C2=O)c1. The van der Waals surface area contributed by atoms with Crippen LogP contribution < -0.4 is 14.5 Å². The Morgan fingerprint density at radius 2 is 1.58 bits per heavy atom. The fourth-order valence-corrected chi connectivity index (χ4v) is 5.41. The van der Waals surface area contributed by atoms with Gasteiger partial charge in [-0.25, -0.2) is 19.3 Å². The maximum Gasteiger partial charge on any atom is 0.344 e. The number of aromatic nitrogens is 2. The molecule has 43 heavy (non-hydrogen) atoms. The molecule has 2 fully saturated rings. The van der Waals surface area contributed by atoms with E-state index in [-0.39, 0.29) is 11.2 Å². The van der Waals surface area contributed by atoms with Gasteiger partial charge in [-0.3, -0.25) is 14.5 Å². The average Bonchev–Trinajstić information content (AvgIpc) is 3.52. The molecular formula is C33H35N5O5. The van der Waals surface area contributed by atoms with Crippen molar-refractivity contribution in [3.63, 3.8) is 0 Å². The first-order valence-electron chi connectivity index (χ1n) is 14.5. The van der Waals surface area contributed by atoms with E-state index in [0.29, 0.717) is 48.0 Å². The first kappa shape index (κ1) is 28.6. The molecular weight excluding hydrogens is 546 g/mol. The lowest BCUT2D eigenvalue weighted by Gasteiger charge is -2.26. The molecule has 10 heteroatoms. The Bertz CT molecular complexity index is 1720. The van der Waals surface area contributed by atoms with Crippen molar-refractivity contribution in [2.24, 2.45) is 0 Å². The number of fused-ring (bicyclic) bond motifs is 1. The number of aryl methyl sites for hydroxylation is 1. The van der Waals surface area contributed by atoms with Crippen LogP contribution >= 0.6 is 0 Å². The van der Waals surface area contributed by atoms with E-state index in [2.05, 4.69) is 4.90 Å². The zero-order valence-corrected chi connectivity index (χ0v) is 24.9. The van der Waals surface area contributed by atoms with Crippen LogP contribution in [0.4, 0.5) is 16.3 Å². The van der Waals surface area contributed by atoms with Crippen LogP contribution in [0.5, 0.6) is 5.75 Å². The number of rotatable bonds is 7. The van der Waals surface area contributed by atoms with Crippen molar-refractivity contribution in [3.05, 3.63) is 78.0 Å². The van der Waals surface area contributed by atoms with Crippen molar-refractivity contribution in [1.82, 2.24) is 14.7 Å². The van der Waals surface area contributed by atoms with E-state index in [1.807, 2.05) is 76.2 Å². The van der Waals surface area contributed by atoms with Gasteiger partial charge in [0.1, 0.15) is 18.2 Å². The Hall–Kier alpha value is -4.54. The second-order valence-electron chi connectivity index (χ2n) is 11.9. The van der Waals surface area contributed by atoms with Gasteiger partial charge in [0.05, 0.1) is 30.3 Å². The number of carbonyl (C=O) groups excluding carboxylic acids is 3. The van der Waals surface area contributed by atoms with E-state index in [9.17, 15) is 14.4 Å². The highest BCUT2D eigenvalue weighted by molar-refractivity contribution is 6.60. The van der Waals surface area contributed by atoms with Gasteiger partial charge in [-0.1, -0.05) is 57.2 Å². The number of morpholine rings is 1. The molecule has 2 aliphatic rings. The van der Waals surface area contributed by atoms with Crippen molar-refractivity contribution < 1.29 is 23.9 Å². The summed E-state index contributed by atoms with van der Waals surface area (Å²) in [7, 11) is 0. The molecule has 222 valence electrons. The molecule has 0 atom stereocenters. The predicted octanol–water partition coefficient (Wildman–Crippen LogP) is 4.84. The van der Waals surface area contributed by atoms with Gasteiger partial charge in [-0.15, -0.1) is 0 Å². The third-order valence-electron chi connectivity index (χ3n) is 7.78. The van der Waals surface area contributed by atoms with Crippen LogP contribution in [0.3, 0.4) is 0 Å². The van der Waals surface area contributed by atoms with Crippen molar-refractivity contribution >= 4 is 40.1 Å². The van der Waals surface area contributed by atoms with Gasteiger partial charge in [-0.2, -0.15) is 5.10 Å². The zero-order chi connectivity index (χ0) is 30.3. The number of hydrogen-bond acceptors (Lipinski definition) is 7. The minimum absolute atomic E-state index is 0.216. The minimum atomic E-state index is -0.936. The van der Waals surface area contributed by atoms with Crippen LogP contribution in [0, 0.1) is 6.92 Å². The topological polar surface area (TPSA) is 97.2 Å². The summed E-state index contributed by atoms with van der Waals surface area (Å²) in [5.74, 6) is -1.00. The Labute approximate surface area is 250 Å². The molecule has 4 amide bonds. The molecule has 4 aromatic rings. The average molecular weight is 582 g/mol. The van der Waals surface area contributed by atoms with Crippen LogP contribution in [-0.4, -0.2) is 72.0 Å². The molecule has 10 nitrogen and oxygen atoms in total. The van der Waals surface area contributed by atoms with E-state index in [4.69, 9.17) is 14.6 Å². The number of anilines is 2. The van der Waals surface area contributed by atoms with Crippen LogP contribution in [0.1, 0.15) is 32.0 Å². The molecule has 1 aromatic heterocycles. The molecule has 2 saturated heterocycles. The Balaban J connectivity index is 1.35. The molecule has 0 aliphatic carbocycles. The first-order chi connectivity index (χ1) is 20.6. The molecule has 2 aliphatic heterocycles. The number of imide groups is 2. The molecule has 0 N–H and O–H groups in total. The second-order valence-corrected chi connectivity index (χ2v) is 11.9. The second kappa shape index (κ2) is 11.3. The van der Waals surface area contributed by atoms with Crippen molar-refractivity contribution in [2.75, 3.05) is 49.3 Å². The molecule has 0 unspecified atom stereocenters. The van der Waals surface area contributed by atoms with Gasteiger partial charge in [-0.05, 0) is 36.8 Å². The number of ether oxygens (including phenoxy) is 2. The van der Waals surface area contributed by atoms with Gasteiger partial charge >= 0.3 is 17.8 Å². The Morgan fingerprint density at radius 3 is 2.30 bits per heavy atom. The van der Waals surface area contributed by atoms with E-state index in [1.165, 1.54) is 0 Å². The standard InChI is InChI=1S/C33H35N5O5/c1-22-8-7-9-23(20-22)38-29(21-28(34-38)33(2,3)4)37-31(40)30(39)36(32(37)41)26-12-13-27(25-11-6-5-10-24(25)26)43-19-16-35-14-17-42-18-15-35/h5-13,20-21H,14-19H2,1-4H3. The lowest BCUT2D eigenvalue weighted by Crippen LogP contribution is -2.38. The normalized spacial score (nSPS) is 16.5.